The Labute approximate surface area is 374 Å². The van der Waals surface area contributed by atoms with Crippen molar-refractivity contribution < 1.29 is 28.6 Å². The summed E-state index contributed by atoms with van der Waals surface area (Å²) in [6, 6.07) is 0. The summed E-state index contributed by atoms with van der Waals surface area (Å²) in [6.45, 7) is 6.68. The number of unbranched alkanes of at least 4 members (excludes halogenated alkanes) is 39. The summed E-state index contributed by atoms with van der Waals surface area (Å²) < 4.78 is 16.8. The van der Waals surface area contributed by atoms with Gasteiger partial charge >= 0.3 is 17.9 Å². The van der Waals surface area contributed by atoms with Gasteiger partial charge in [0.05, 0.1) is 0 Å². The van der Waals surface area contributed by atoms with Gasteiger partial charge in [0.1, 0.15) is 13.2 Å². The lowest BCUT2D eigenvalue weighted by atomic mass is 10.0. The van der Waals surface area contributed by atoms with E-state index in [4.69, 9.17) is 14.2 Å². The van der Waals surface area contributed by atoms with Gasteiger partial charge in [-0.2, -0.15) is 0 Å². The molecule has 0 fully saturated rings. The summed E-state index contributed by atoms with van der Waals surface area (Å²) in [5.41, 5.74) is 0. The van der Waals surface area contributed by atoms with Crippen LogP contribution in [0.4, 0.5) is 0 Å². The molecule has 0 radical (unpaired) electrons. The molecule has 0 N–H and O–H groups in total. The van der Waals surface area contributed by atoms with Crippen molar-refractivity contribution in [3.8, 4) is 0 Å². The van der Waals surface area contributed by atoms with E-state index in [2.05, 4.69) is 20.8 Å². The quantitative estimate of drug-likeness (QED) is 0.0345. The smallest absolute Gasteiger partial charge is 0.306 e. The van der Waals surface area contributed by atoms with Crippen molar-refractivity contribution in [3.63, 3.8) is 0 Å². The molecule has 6 heteroatoms. The van der Waals surface area contributed by atoms with E-state index >= 15 is 0 Å². The van der Waals surface area contributed by atoms with Gasteiger partial charge in [-0.25, -0.2) is 0 Å². The highest BCUT2D eigenvalue weighted by molar-refractivity contribution is 5.71. The van der Waals surface area contributed by atoms with Crippen LogP contribution in [0.2, 0.25) is 0 Å². The maximum atomic E-state index is 12.8. The molecule has 0 unspecified atom stereocenters. The number of ether oxygens (including phenoxy) is 3. The zero-order valence-corrected chi connectivity index (χ0v) is 40.8. The molecule has 0 amide bonds. The van der Waals surface area contributed by atoms with Gasteiger partial charge in [-0.05, 0) is 19.3 Å². The van der Waals surface area contributed by atoms with Crippen LogP contribution < -0.4 is 0 Å². The lowest BCUT2D eigenvalue weighted by Gasteiger charge is -2.18. The highest BCUT2D eigenvalue weighted by Crippen LogP contribution is 2.17. The van der Waals surface area contributed by atoms with Crippen LogP contribution in [0.15, 0.2) is 0 Å². The average molecular weight is 849 g/mol. The first-order chi connectivity index (χ1) is 29.5. The number of carbonyl (C=O) groups is 3. The molecule has 0 spiro atoms. The number of esters is 3. The Kier molecular flexibility index (Phi) is 48.7. The summed E-state index contributed by atoms with van der Waals surface area (Å²) in [5.74, 6) is -0.839. The van der Waals surface area contributed by atoms with Crippen molar-refractivity contribution in [2.24, 2.45) is 0 Å². The van der Waals surface area contributed by atoms with E-state index < -0.39 is 6.10 Å². The Morgan fingerprint density at radius 1 is 0.267 bits per heavy atom. The van der Waals surface area contributed by atoms with Gasteiger partial charge < -0.3 is 14.2 Å². The summed E-state index contributed by atoms with van der Waals surface area (Å²) in [6.07, 6.45) is 53.7. The molecule has 0 saturated carbocycles. The number of carbonyl (C=O) groups excluding carboxylic acids is 3. The van der Waals surface area contributed by atoms with E-state index in [-0.39, 0.29) is 31.1 Å². The minimum Gasteiger partial charge on any atom is -0.462 e. The normalized spacial score (nSPS) is 11.8. The van der Waals surface area contributed by atoms with Gasteiger partial charge in [0, 0.05) is 19.3 Å². The third-order valence-corrected chi connectivity index (χ3v) is 12.4. The van der Waals surface area contributed by atoms with Crippen LogP contribution >= 0.6 is 0 Å². The van der Waals surface area contributed by atoms with Crippen molar-refractivity contribution in [1.29, 1.82) is 0 Å². The molecule has 6 nitrogen and oxygen atoms in total. The fourth-order valence-electron chi connectivity index (χ4n) is 8.27. The molecule has 1 atom stereocenters. The Bertz CT molecular complexity index is 889. The van der Waals surface area contributed by atoms with E-state index in [9.17, 15) is 14.4 Å². The molecule has 0 heterocycles. The number of rotatable bonds is 50. The second kappa shape index (κ2) is 50.1. The number of hydrogen-bond acceptors (Lipinski definition) is 6. The SMILES string of the molecule is CCCCCCCCCCCCCCCCCCCCC(=O)O[C@H](COC(=O)CCCCCCCCCCCCC)COC(=O)CCCCCCCCCCCCCCC. The molecule has 0 aromatic rings. The minimum atomic E-state index is -0.759. The molecule has 0 rings (SSSR count). The molecule has 0 aromatic heterocycles. The van der Waals surface area contributed by atoms with Gasteiger partial charge in [-0.1, -0.05) is 271 Å². The third kappa shape index (κ3) is 47.5. The molecule has 0 aliphatic rings. The molecule has 0 saturated heterocycles. The molecule has 0 bridgehead atoms. The molecule has 356 valence electrons. The lowest BCUT2D eigenvalue weighted by Crippen LogP contribution is -2.30. The molecule has 0 aromatic carbocycles. The van der Waals surface area contributed by atoms with Crippen LogP contribution in [0.5, 0.6) is 0 Å². The number of hydrogen-bond donors (Lipinski definition) is 0. The van der Waals surface area contributed by atoms with Gasteiger partial charge in [-0.3, -0.25) is 14.4 Å². The lowest BCUT2D eigenvalue weighted by molar-refractivity contribution is -0.167. The largest absolute Gasteiger partial charge is 0.462 e. The highest BCUT2D eigenvalue weighted by Gasteiger charge is 2.19. The van der Waals surface area contributed by atoms with Crippen molar-refractivity contribution >= 4 is 17.9 Å². The fourth-order valence-corrected chi connectivity index (χ4v) is 8.27. The summed E-state index contributed by atoms with van der Waals surface area (Å²) >= 11 is 0. The zero-order valence-electron chi connectivity index (χ0n) is 40.8. The maximum Gasteiger partial charge on any atom is 0.306 e. The van der Waals surface area contributed by atoms with Gasteiger partial charge in [0.25, 0.3) is 0 Å². The van der Waals surface area contributed by atoms with Crippen LogP contribution in [-0.2, 0) is 28.6 Å². The molecule has 0 aliphatic carbocycles. The van der Waals surface area contributed by atoms with Crippen LogP contribution in [0.25, 0.3) is 0 Å². The standard InChI is InChI=1S/C54H104O6/c1-4-7-10-13-16-19-22-24-25-26-27-28-30-33-36-39-42-45-48-54(57)60-51(49-58-52(55)46-43-40-37-34-31-21-18-15-12-9-6-3)50-59-53(56)47-44-41-38-35-32-29-23-20-17-14-11-8-5-2/h51H,4-50H2,1-3H3/t51-/m1/s1. The third-order valence-electron chi connectivity index (χ3n) is 12.4. The zero-order chi connectivity index (χ0) is 43.7. The van der Waals surface area contributed by atoms with Crippen molar-refractivity contribution in [2.45, 2.75) is 316 Å². The van der Waals surface area contributed by atoms with Crippen LogP contribution in [-0.4, -0.2) is 37.2 Å². The van der Waals surface area contributed by atoms with E-state index in [1.54, 1.807) is 0 Å². The van der Waals surface area contributed by atoms with Crippen LogP contribution in [0.1, 0.15) is 310 Å². The summed E-state index contributed by atoms with van der Waals surface area (Å²) in [4.78, 5) is 38.0. The van der Waals surface area contributed by atoms with Gasteiger partial charge in [-0.15, -0.1) is 0 Å². The predicted molar refractivity (Wildman–Crippen MR) is 257 cm³/mol. The average Bonchev–Trinajstić information content (AvgIpc) is 3.24. The fraction of sp³-hybridized carbons (Fsp3) is 0.944. The second-order valence-electron chi connectivity index (χ2n) is 18.5. The first-order valence-corrected chi connectivity index (χ1v) is 27.0. The molecule has 60 heavy (non-hydrogen) atoms. The first-order valence-electron chi connectivity index (χ1n) is 27.0. The summed E-state index contributed by atoms with van der Waals surface area (Å²) in [7, 11) is 0. The Morgan fingerprint density at radius 2 is 0.450 bits per heavy atom. The highest BCUT2D eigenvalue weighted by atomic mass is 16.6. The minimum absolute atomic E-state index is 0.0616. The Hall–Kier alpha value is -1.59. The van der Waals surface area contributed by atoms with Crippen LogP contribution in [0.3, 0.4) is 0 Å². The second-order valence-corrected chi connectivity index (χ2v) is 18.5. The maximum absolute atomic E-state index is 12.8. The van der Waals surface area contributed by atoms with E-state index in [0.29, 0.717) is 19.3 Å². The Balaban J connectivity index is 4.27. The monoisotopic (exact) mass is 849 g/mol. The molecular formula is C54H104O6. The molecule has 0 aliphatic heterocycles. The van der Waals surface area contributed by atoms with E-state index in [0.717, 1.165) is 57.8 Å². The van der Waals surface area contributed by atoms with Crippen molar-refractivity contribution in [3.05, 3.63) is 0 Å². The van der Waals surface area contributed by atoms with Gasteiger partial charge in [0.15, 0.2) is 6.10 Å². The van der Waals surface area contributed by atoms with Gasteiger partial charge in [0.2, 0.25) is 0 Å². The Morgan fingerprint density at radius 3 is 0.667 bits per heavy atom. The summed E-state index contributed by atoms with van der Waals surface area (Å²) in [5, 5.41) is 0. The molecular weight excluding hydrogens is 745 g/mol. The predicted octanol–water partition coefficient (Wildman–Crippen LogP) is 17.6. The van der Waals surface area contributed by atoms with Crippen molar-refractivity contribution in [1.82, 2.24) is 0 Å². The first kappa shape index (κ1) is 58.4. The topological polar surface area (TPSA) is 78.9 Å². The van der Waals surface area contributed by atoms with E-state index in [1.165, 1.54) is 212 Å². The van der Waals surface area contributed by atoms with E-state index in [1.807, 2.05) is 0 Å². The van der Waals surface area contributed by atoms with Crippen molar-refractivity contribution in [2.75, 3.05) is 13.2 Å². The van der Waals surface area contributed by atoms with Crippen LogP contribution in [0, 0.1) is 0 Å².